The summed E-state index contributed by atoms with van der Waals surface area (Å²) in [6.07, 6.45) is 0. The Balaban J connectivity index is 1.95. The predicted octanol–water partition coefficient (Wildman–Crippen LogP) is 3.45. The summed E-state index contributed by atoms with van der Waals surface area (Å²) in [7, 11) is 0. The molecule has 0 radical (unpaired) electrons. The van der Waals surface area contributed by atoms with Crippen LogP contribution in [0.4, 0.5) is 15.6 Å². The first kappa shape index (κ1) is 20.1. The zero-order chi connectivity index (χ0) is 19.1. The van der Waals surface area contributed by atoms with Gasteiger partial charge in [-0.25, -0.2) is 4.79 Å². The molecule has 1 aromatic carbocycles. The molecule has 0 spiro atoms. The van der Waals surface area contributed by atoms with E-state index >= 15 is 0 Å². The van der Waals surface area contributed by atoms with Crippen LogP contribution < -0.4 is 10.6 Å². The quantitative estimate of drug-likeness (QED) is 0.309. The number of ether oxygens (including phenoxy) is 1. The van der Waals surface area contributed by atoms with Crippen molar-refractivity contribution in [2.24, 2.45) is 0 Å². The van der Waals surface area contributed by atoms with Gasteiger partial charge in [-0.1, -0.05) is 34.7 Å². The second-order valence-electron chi connectivity index (χ2n) is 4.82. The molecule has 26 heavy (non-hydrogen) atoms. The van der Waals surface area contributed by atoms with E-state index in [2.05, 4.69) is 20.8 Å². The molecule has 2 amide bonds. The van der Waals surface area contributed by atoms with Gasteiger partial charge in [-0.3, -0.25) is 14.9 Å². The van der Waals surface area contributed by atoms with E-state index in [9.17, 15) is 14.4 Å². The third-order valence-corrected chi connectivity index (χ3v) is 5.28. The number of ketones is 1. The van der Waals surface area contributed by atoms with Gasteiger partial charge in [0.2, 0.25) is 5.13 Å². The van der Waals surface area contributed by atoms with Crippen LogP contribution in [0.2, 0.25) is 5.02 Å². The number of esters is 1. The van der Waals surface area contributed by atoms with Gasteiger partial charge in [-0.15, -0.1) is 10.2 Å². The van der Waals surface area contributed by atoms with Crippen molar-refractivity contribution in [3.05, 3.63) is 29.3 Å². The number of amides is 2. The van der Waals surface area contributed by atoms with Crippen molar-refractivity contribution in [1.82, 2.24) is 10.2 Å². The van der Waals surface area contributed by atoms with Gasteiger partial charge >= 0.3 is 12.0 Å². The Morgan fingerprint density at radius 1 is 1.23 bits per heavy atom. The third-order valence-electron chi connectivity index (χ3n) is 2.82. The lowest BCUT2D eigenvalue weighted by molar-refractivity contribution is -0.144. The van der Waals surface area contributed by atoms with Gasteiger partial charge in [-0.2, -0.15) is 0 Å². The zero-order valence-electron chi connectivity index (χ0n) is 13.8. The number of benzene rings is 1. The minimum atomic E-state index is -1.02. The van der Waals surface area contributed by atoms with Gasteiger partial charge in [0.05, 0.1) is 6.61 Å². The van der Waals surface area contributed by atoms with E-state index in [1.165, 1.54) is 6.92 Å². The van der Waals surface area contributed by atoms with Crippen LogP contribution in [0.15, 0.2) is 28.6 Å². The van der Waals surface area contributed by atoms with Crippen molar-refractivity contribution in [2.45, 2.75) is 23.4 Å². The van der Waals surface area contributed by atoms with E-state index in [-0.39, 0.29) is 17.5 Å². The summed E-state index contributed by atoms with van der Waals surface area (Å²) >= 11 is 7.76. The highest BCUT2D eigenvalue weighted by molar-refractivity contribution is 8.03. The minimum Gasteiger partial charge on any atom is -0.465 e. The molecule has 2 N–H and O–H groups in total. The SMILES string of the molecule is CCOC(=O)[C@H](Sc1nnc(NC(=O)Nc2ccc(Cl)cc2)s1)C(C)=O. The number of nitrogens with one attached hydrogen (secondary N) is 2. The maximum atomic E-state index is 11.9. The second kappa shape index (κ2) is 9.51. The van der Waals surface area contributed by atoms with Gasteiger partial charge in [0.25, 0.3) is 0 Å². The Bertz CT molecular complexity index is 797. The Labute approximate surface area is 162 Å². The van der Waals surface area contributed by atoms with Crippen LogP contribution in [-0.4, -0.2) is 39.8 Å². The molecule has 1 heterocycles. The minimum absolute atomic E-state index is 0.178. The number of hydrogen-bond acceptors (Lipinski definition) is 8. The lowest BCUT2D eigenvalue weighted by atomic mass is 10.3. The smallest absolute Gasteiger partial charge is 0.327 e. The van der Waals surface area contributed by atoms with Crippen molar-refractivity contribution in [2.75, 3.05) is 17.2 Å². The molecule has 1 aromatic heterocycles. The van der Waals surface area contributed by atoms with E-state index in [0.29, 0.717) is 15.0 Å². The highest BCUT2D eigenvalue weighted by Crippen LogP contribution is 2.30. The van der Waals surface area contributed by atoms with Gasteiger partial charge < -0.3 is 10.1 Å². The largest absolute Gasteiger partial charge is 0.465 e. The Kier molecular flexibility index (Phi) is 7.37. The van der Waals surface area contributed by atoms with Gasteiger partial charge in [0, 0.05) is 10.7 Å². The molecule has 0 aliphatic rings. The monoisotopic (exact) mass is 414 g/mol. The molecule has 2 rings (SSSR count). The van der Waals surface area contributed by atoms with Crippen molar-refractivity contribution in [1.29, 1.82) is 0 Å². The summed E-state index contributed by atoms with van der Waals surface area (Å²) in [5, 5.41) is 12.6. The van der Waals surface area contributed by atoms with E-state index in [4.69, 9.17) is 16.3 Å². The van der Waals surface area contributed by atoms with Crippen LogP contribution in [0, 0.1) is 0 Å². The lowest BCUT2D eigenvalue weighted by Crippen LogP contribution is -2.27. The summed E-state index contributed by atoms with van der Waals surface area (Å²) in [5.41, 5.74) is 0.560. The number of carbonyl (C=O) groups is 3. The van der Waals surface area contributed by atoms with Crippen LogP contribution >= 0.6 is 34.7 Å². The highest BCUT2D eigenvalue weighted by Gasteiger charge is 2.27. The first-order valence-corrected chi connectivity index (χ1v) is 9.47. The van der Waals surface area contributed by atoms with E-state index in [1.54, 1.807) is 31.2 Å². The maximum absolute atomic E-state index is 11.9. The fraction of sp³-hybridized carbons (Fsp3) is 0.267. The number of nitrogens with zero attached hydrogens (tertiary/aromatic N) is 2. The molecule has 0 bridgehead atoms. The molecule has 0 saturated carbocycles. The van der Waals surface area contributed by atoms with E-state index < -0.39 is 17.3 Å². The fourth-order valence-electron chi connectivity index (χ4n) is 1.72. The van der Waals surface area contributed by atoms with Gasteiger partial charge in [-0.05, 0) is 38.1 Å². The number of urea groups is 1. The molecular weight excluding hydrogens is 400 g/mol. The Hall–Kier alpha value is -2.17. The highest BCUT2D eigenvalue weighted by atomic mass is 35.5. The molecular formula is C15H15ClN4O4S2. The number of halogens is 1. The molecule has 8 nitrogen and oxygen atoms in total. The molecule has 0 unspecified atom stereocenters. The lowest BCUT2D eigenvalue weighted by Gasteiger charge is -2.09. The number of carbonyl (C=O) groups excluding carboxylic acids is 3. The standard InChI is InChI=1S/C15H15ClN4O4S2/c1-3-24-12(22)11(8(2)21)25-15-20-19-14(26-15)18-13(23)17-10-6-4-9(16)5-7-10/h4-7,11H,3H2,1-2H3,(H2,17,18,19,23)/t11-/m1/s1. The number of rotatable bonds is 7. The first-order valence-electron chi connectivity index (χ1n) is 7.40. The van der Waals surface area contributed by atoms with Crippen LogP contribution in [0.25, 0.3) is 0 Å². The van der Waals surface area contributed by atoms with Crippen LogP contribution in [0.3, 0.4) is 0 Å². The number of anilines is 2. The third kappa shape index (κ3) is 5.97. The Morgan fingerprint density at radius 2 is 1.92 bits per heavy atom. The molecule has 11 heteroatoms. The molecule has 0 aliphatic carbocycles. The predicted molar refractivity (Wildman–Crippen MR) is 101 cm³/mol. The molecule has 0 fully saturated rings. The summed E-state index contributed by atoms with van der Waals surface area (Å²) in [6, 6.07) is 6.09. The van der Waals surface area contributed by atoms with Crippen LogP contribution in [0.1, 0.15) is 13.8 Å². The Morgan fingerprint density at radius 3 is 2.54 bits per heavy atom. The average Bonchev–Trinajstić information content (AvgIpc) is 3.01. The van der Waals surface area contributed by atoms with Crippen molar-refractivity contribution >= 4 is 63.3 Å². The molecule has 2 aromatic rings. The summed E-state index contributed by atoms with van der Waals surface area (Å²) in [5.74, 6) is -0.978. The first-order chi connectivity index (χ1) is 12.4. The van der Waals surface area contributed by atoms with Crippen molar-refractivity contribution in [3.63, 3.8) is 0 Å². The van der Waals surface area contributed by atoms with Crippen molar-refractivity contribution < 1.29 is 19.1 Å². The van der Waals surface area contributed by atoms with Crippen molar-refractivity contribution in [3.8, 4) is 0 Å². The van der Waals surface area contributed by atoms with E-state index in [1.807, 2.05) is 0 Å². The maximum Gasteiger partial charge on any atom is 0.327 e. The molecule has 0 saturated heterocycles. The molecule has 0 aliphatic heterocycles. The second-order valence-corrected chi connectivity index (χ2v) is 7.59. The van der Waals surface area contributed by atoms with Crippen LogP contribution in [0.5, 0.6) is 0 Å². The fourth-order valence-corrected chi connectivity index (χ4v) is 3.65. The molecule has 138 valence electrons. The summed E-state index contributed by atoms with van der Waals surface area (Å²) in [6.45, 7) is 3.14. The average molecular weight is 415 g/mol. The molecule has 1 atom stereocenters. The number of Topliss-reactive ketones (excluding diaryl/α,β-unsaturated/α-hetero) is 1. The zero-order valence-corrected chi connectivity index (χ0v) is 16.2. The normalized spacial score (nSPS) is 11.5. The van der Waals surface area contributed by atoms with Gasteiger partial charge in [0.1, 0.15) is 0 Å². The number of thioether (sulfide) groups is 1. The van der Waals surface area contributed by atoms with Gasteiger partial charge in [0.15, 0.2) is 15.4 Å². The number of hydrogen-bond donors (Lipinski definition) is 2. The topological polar surface area (TPSA) is 110 Å². The summed E-state index contributed by atoms with van der Waals surface area (Å²) < 4.78 is 5.23. The van der Waals surface area contributed by atoms with Crippen LogP contribution in [-0.2, 0) is 14.3 Å². The number of aromatic nitrogens is 2. The summed E-state index contributed by atoms with van der Waals surface area (Å²) in [4.78, 5) is 35.4. The van der Waals surface area contributed by atoms with E-state index in [0.717, 1.165) is 23.1 Å².